The molecule has 0 fully saturated rings. The molecule has 9 nitrogen and oxygen atoms in total. The molecule has 0 bridgehead atoms. The quantitative estimate of drug-likeness (QED) is 0.335. The Labute approximate surface area is 223 Å². The summed E-state index contributed by atoms with van der Waals surface area (Å²) in [6.45, 7) is 5.04. The number of rotatable bonds is 5. The Balaban J connectivity index is 1.60. The fourth-order valence-corrected chi connectivity index (χ4v) is 6.48. The summed E-state index contributed by atoms with van der Waals surface area (Å²) < 4.78 is 21.8. The number of pyridine rings is 2. The third kappa shape index (κ3) is 3.72. The van der Waals surface area contributed by atoms with Gasteiger partial charge in [0.1, 0.15) is 12.4 Å². The average Bonchev–Trinajstić information content (AvgIpc) is 3.24. The number of amides is 1. The zero-order valence-electron chi connectivity index (χ0n) is 22.1. The summed E-state index contributed by atoms with van der Waals surface area (Å²) in [6.07, 6.45) is 0.783. The number of cyclic esters (lactones) is 1. The Kier molecular flexibility index (Phi) is 5.89. The number of aromatic nitrogens is 2. The highest BCUT2D eigenvalue weighted by Crippen LogP contribution is 2.46. The van der Waals surface area contributed by atoms with Crippen LogP contribution in [0.1, 0.15) is 79.0 Å². The largest absolute Gasteiger partial charge is 0.458 e. The number of aliphatic hydroxyl groups excluding tert-OH is 1. The number of aliphatic hydroxyl groups is 2. The van der Waals surface area contributed by atoms with Crippen molar-refractivity contribution >= 4 is 22.8 Å². The van der Waals surface area contributed by atoms with Gasteiger partial charge >= 0.3 is 5.97 Å². The van der Waals surface area contributed by atoms with Gasteiger partial charge in [0.15, 0.2) is 5.60 Å². The molecular formula is C29H30FN3O6. The number of hydrogen-bond donors (Lipinski definition) is 3. The number of esters is 1. The molecule has 3 aliphatic rings. The van der Waals surface area contributed by atoms with Crippen LogP contribution in [-0.2, 0) is 39.5 Å². The molecule has 1 aromatic carbocycles. The van der Waals surface area contributed by atoms with Gasteiger partial charge in [-0.05, 0) is 55.9 Å². The fraction of sp³-hybridized carbons (Fsp3) is 0.448. The SMILES string of the molecule is CCC[C@@]1(O)C(=O)OCc2c1cc1n(c2=O)Cc2c-1nc1cc(F)c(C)c3c1c2[C@@H](NC(=O)C[C@@H](C)O)CC3. The van der Waals surface area contributed by atoms with E-state index in [1.165, 1.54) is 6.07 Å². The predicted octanol–water partition coefficient (Wildman–Crippen LogP) is 2.79. The molecule has 0 saturated carbocycles. The van der Waals surface area contributed by atoms with E-state index >= 15 is 0 Å². The topological polar surface area (TPSA) is 131 Å². The highest BCUT2D eigenvalue weighted by molar-refractivity contribution is 5.94. The maximum Gasteiger partial charge on any atom is 0.343 e. The summed E-state index contributed by atoms with van der Waals surface area (Å²) in [5.74, 6) is -1.48. The molecule has 1 amide bonds. The summed E-state index contributed by atoms with van der Waals surface area (Å²) in [7, 11) is 0. The van der Waals surface area contributed by atoms with Crippen LogP contribution < -0.4 is 10.9 Å². The average molecular weight is 536 g/mol. The van der Waals surface area contributed by atoms with E-state index in [1.54, 1.807) is 24.5 Å². The van der Waals surface area contributed by atoms with Crippen LogP contribution in [0.15, 0.2) is 16.9 Å². The van der Waals surface area contributed by atoms with Gasteiger partial charge in [0.05, 0.1) is 47.6 Å². The smallest absolute Gasteiger partial charge is 0.343 e. The Morgan fingerprint density at radius 2 is 2.08 bits per heavy atom. The molecule has 0 spiro atoms. The van der Waals surface area contributed by atoms with E-state index in [9.17, 15) is 29.0 Å². The van der Waals surface area contributed by atoms with Gasteiger partial charge in [-0.3, -0.25) is 9.59 Å². The van der Waals surface area contributed by atoms with Crippen molar-refractivity contribution in [1.29, 1.82) is 0 Å². The first-order valence-electron chi connectivity index (χ1n) is 13.3. The van der Waals surface area contributed by atoms with E-state index in [0.29, 0.717) is 41.7 Å². The molecule has 0 radical (unpaired) electrons. The van der Waals surface area contributed by atoms with E-state index in [1.807, 2.05) is 6.92 Å². The Bertz CT molecular complexity index is 1640. The van der Waals surface area contributed by atoms with Crippen LogP contribution in [0.4, 0.5) is 4.39 Å². The van der Waals surface area contributed by atoms with E-state index in [0.717, 1.165) is 22.1 Å². The van der Waals surface area contributed by atoms with Crippen LogP contribution in [-0.4, -0.2) is 37.7 Å². The fourth-order valence-electron chi connectivity index (χ4n) is 6.48. The minimum absolute atomic E-state index is 0.0569. The maximum atomic E-state index is 15.0. The number of ether oxygens (including phenoxy) is 1. The van der Waals surface area contributed by atoms with E-state index in [-0.39, 0.29) is 54.4 Å². The van der Waals surface area contributed by atoms with Crippen molar-refractivity contribution in [3.05, 3.63) is 61.7 Å². The highest BCUT2D eigenvalue weighted by atomic mass is 19.1. The summed E-state index contributed by atoms with van der Waals surface area (Å²) in [5.41, 5.74) is 2.31. The number of nitrogens with zero attached hydrogens (tertiary/aromatic N) is 2. The molecule has 4 heterocycles. The van der Waals surface area contributed by atoms with Gasteiger partial charge in [-0.1, -0.05) is 13.3 Å². The third-order valence-corrected chi connectivity index (χ3v) is 8.29. The first-order chi connectivity index (χ1) is 18.5. The second kappa shape index (κ2) is 8.96. The van der Waals surface area contributed by atoms with Crippen molar-refractivity contribution in [2.45, 2.75) is 83.8 Å². The lowest BCUT2D eigenvalue weighted by Crippen LogP contribution is -2.44. The first kappa shape index (κ1) is 25.6. The summed E-state index contributed by atoms with van der Waals surface area (Å²) in [6, 6.07) is 2.59. The standard InChI is InChI=1S/C29H30FN3O6/c1-4-7-29(38)18-9-22-26-16(11-33(22)27(36)17(18)12-39-28(29)37)25-20(31-23(35)8-13(2)34)6-5-15-14(3)19(30)10-21(32-26)24(15)25/h9-10,13,20,34,38H,4-8,11-12H2,1-3H3,(H,31,35)/t13-,20+,29+/m1/s1. The van der Waals surface area contributed by atoms with Gasteiger partial charge in [0.2, 0.25) is 5.91 Å². The Morgan fingerprint density at radius 3 is 2.79 bits per heavy atom. The van der Waals surface area contributed by atoms with Crippen molar-refractivity contribution in [3.8, 4) is 11.4 Å². The van der Waals surface area contributed by atoms with Crippen LogP contribution >= 0.6 is 0 Å². The molecular weight excluding hydrogens is 505 g/mol. The Hall–Kier alpha value is -3.63. The molecule has 3 N–H and O–H groups in total. The number of halogens is 1. The lowest BCUT2D eigenvalue weighted by Gasteiger charge is -2.32. The zero-order chi connectivity index (χ0) is 27.8. The third-order valence-electron chi connectivity index (χ3n) is 8.29. The number of hydrogen-bond acceptors (Lipinski definition) is 7. The molecule has 39 heavy (non-hydrogen) atoms. The number of nitrogens with one attached hydrogen (secondary N) is 1. The van der Waals surface area contributed by atoms with Crippen LogP contribution in [0.5, 0.6) is 0 Å². The molecule has 0 saturated heterocycles. The molecule has 204 valence electrons. The zero-order valence-corrected chi connectivity index (χ0v) is 22.1. The van der Waals surface area contributed by atoms with Gasteiger partial charge in [-0.2, -0.15) is 0 Å². The lowest BCUT2D eigenvalue weighted by molar-refractivity contribution is -0.172. The van der Waals surface area contributed by atoms with Crippen LogP contribution in [0.3, 0.4) is 0 Å². The predicted molar refractivity (Wildman–Crippen MR) is 139 cm³/mol. The normalized spacial score (nSPS) is 21.7. The van der Waals surface area contributed by atoms with Crippen molar-refractivity contribution in [2.24, 2.45) is 0 Å². The number of fused-ring (bicyclic) bond motifs is 5. The lowest BCUT2D eigenvalue weighted by atomic mass is 9.81. The second-order valence-corrected chi connectivity index (χ2v) is 10.9. The number of carbonyl (C=O) groups is 2. The van der Waals surface area contributed by atoms with Crippen molar-refractivity contribution in [1.82, 2.24) is 14.9 Å². The molecule has 2 aliphatic heterocycles. The van der Waals surface area contributed by atoms with Crippen LogP contribution in [0.25, 0.3) is 22.3 Å². The molecule has 10 heteroatoms. The first-order valence-corrected chi connectivity index (χ1v) is 13.3. The van der Waals surface area contributed by atoms with Crippen molar-refractivity contribution < 1.29 is 28.9 Å². The van der Waals surface area contributed by atoms with E-state index < -0.39 is 23.7 Å². The molecule has 3 aromatic rings. The maximum absolute atomic E-state index is 15.0. The van der Waals surface area contributed by atoms with Crippen LogP contribution in [0.2, 0.25) is 0 Å². The number of carbonyl (C=O) groups excluding carboxylic acids is 2. The van der Waals surface area contributed by atoms with Gasteiger partial charge in [-0.15, -0.1) is 0 Å². The Morgan fingerprint density at radius 1 is 1.31 bits per heavy atom. The highest BCUT2D eigenvalue weighted by Gasteiger charge is 2.46. The summed E-state index contributed by atoms with van der Waals surface area (Å²) in [5, 5.41) is 24.9. The van der Waals surface area contributed by atoms with E-state index in [2.05, 4.69) is 5.32 Å². The van der Waals surface area contributed by atoms with Crippen molar-refractivity contribution in [3.63, 3.8) is 0 Å². The minimum atomic E-state index is -1.95. The minimum Gasteiger partial charge on any atom is -0.458 e. The van der Waals surface area contributed by atoms with E-state index in [4.69, 9.17) is 9.72 Å². The molecule has 6 rings (SSSR count). The molecule has 0 unspecified atom stereocenters. The van der Waals surface area contributed by atoms with Gasteiger partial charge in [0.25, 0.3) is 5.56 Å². The van der Waals surface area contributed by atoms with Gasteiger partial charge in [-0.25, -0.2) is 14.2 Å². The van der Waals surface area contributed by atoms with Crippen molar-refractivity contribution in [2.75, 3.05) is 0 Å². The van der Waals surface area contributed by atoms with Crippen LogP contribution in [0, 0.1) is 12.7 Å². The monoisotopic (exact) mass is 535 g/mol. The molecule has 2 aromatic heterocycles. The second-order valence-electron chi connectivity index (χ2n) is 10.9. The molecule has 1 aliphatic carbocycles. The molecule has 3 atom stereocenters. The summed E-state index contributed by atoms with van der Waals surface area (Å²) >= 11 is 0. The number of benzene rings is 1. The van der Waals surface area contributed by atoms with Gasteiger partial charge < -0.3 is 24.8 Å². The summed E-state index contributed by atoms with van der Waals surface area (Å²) in [4.78, 5) is 43.9. The van der Waals surface area contributed by atoms with Gasteiger partial charge in [0, 0.05) is 22.6 Å². The number of aryl methyl sites for hydroxylation is 1.